The van der Waals surface area contributed by atoms with Crippen LogP contribution in [0.15, 0.2) is 40.1 Å². The zero-order valence-electron chi connectivity index (χ0n) is 18.5. The molecule has 0 bridgehead atoms. The Kier molecular flexibility index (Phi) is 6.96. The van der Waals surface area contributed by atoms with E-state index in [1.54, 1.807) is 5.38 Å². The lowest BCUT2D eigenvalue weighted by Crippen LogP contribution is -2.38. The van der Waals surface area contributed by atoms with Crippen molar-refractivity contribution < 1.29 is 35.6 Å². The normalized spacial score (nSPS) is 16.0. The van der Waals surface area contributed by atoms with Crippen molar-refractivity contribution in [1.29, 1.82) is 0 Å². The van der Waals surface area contributed by atoms with Gasteiger partial charge >= 0.3 is 12.4 Å². The summed E-state index contributed by atoms with van der Waals surface area (Å²) in [5.41, 5.74) is 0.147. The number of halogens is 6. The van der Waals surface area contributed by atoms with Crippen molar-refractivity contribution in [1.82, 2.24) is 9.88 Å². The average Bonchev–Trinajstić information content (AvgIpc) is 3.39. The average molecular weight is 517 g/mol. The summed E-state index contributed by atoms with van der Waals surface area (Å²) in [7, 11) is 0. The molecule has 1 aromatic carbocycles. The largest absolute Gasteiger partial charge is 0.461 e. The number of likely N-dealkylation sites (tertiary alicyclic amines) is 1. The number of thiazole rings is 1. The first-order valence-electron chi connectivity index (χ1n) is 10.7. The predicted molar refractivity (Wildman–Crippen MR) is 118 cm³/mol. The molecular formula is C23H21F6N3O2S. The van der Waals surface area contributed by atoms with Crippen LogP contribution in [0.2, 0.25) is 0 Å². The third-order valence-corrected chi connectivity index (χ3v) is 6.65. The molecule has 2 aromatic heterocycles. The van der Waals surface area contributed by atoms with Crippen LogP contribution in [0, 0.1) is 12.8 Å². The van der Waals surface area contributed by atoms with Gasteiger partial charge in [0.15, 0.2) is 5.13 Å². The molecule has 0 saturated carbocycles. The molecule has 12 heteroatoms. The van der Waals surface area contributed by atoms with E-state index in [9.17, 15) is 31.1 Å². The molecule has 35 heavy (non-hydrogen) atoms. The number of nitrogens with zero attached hydrogens (tertiary/aromatic N) is 2. The lowest BCUT2D eigenvalue weighted by Gasteiger charge is -2.32. The van der Waals surface area contributed by atoms with Gasteiger partial charge in [-0.3, -0.25) is 15.0 Å². The molecule has 0 aliphatic carbocycles. The van der Waals surface area contributed by atoms with Crippen LogP contribution in [0.25, 0.3) is 11.3 Å². The molecule has 1 N–H and O–H groups in total. The summed E-state index contributed by atoms with van der Waals surface area (Å²) in [5, 5.41) is 4.67. The number of aromatic nitrogens is 1. The third-order valence-electron chi connectivity index (χ3n) is 5.85. The Morgan fingerprint density at radius 3 is 2.54 bits per heavy atom. The van der Waals surface area contributed by atoms with Crippen LogP contribution in [-0.2, 0) is 12.7 Å². The van der Waals surface area contributed by atoms with Gasteiger partial charge in [0.05, 0.1) is 22.7 Å². The van der Waals surface area contributed by atoms with Gasteiger partial charge in [-0.05, 0) is 51.1 Å². The Balaban J connectivity index is 1.39. The highest BCUT2D eigenvalue weighted by Crippen LogP contribution is 2.35. The first kappa shape index (κ1) is 25.2. The van der Waals surface area contributed by atoms with E-state index in [4.69, 9.17) is 4.42 Å². The number of anilines is 1. The Morgan fingerprint density at radius 1 is 1.17 bits per heavy atom. The number of aryl methyl sites for hydroxylation is 1. The van der Waals surface area contributed by atoms with Crippen LogP contribution in [0.3, 0.4) is 0 Å². The second kappa shape index (κ2) is 9.65. The zero-order chi connectivity index (χ0) is 25.4. The highest BCUT2D eigenvalue weighted by atomic mass is 32.1. The van der Waals surface area contributed by atoms with Crippen LogP contribution in [0.5, 0.6) is 0 Å². The van der Waals surface area contributed by atoms with Gasteiger partial charge in [-0.2, -0.15) is 26.3 Å². The summed E-state index contributed by atoms with van der Waals surface area (Å²) in [4.78, 5) is 19.0. The Labute approximate surface area is 200 Å². The van der Waals surface area contributed by atoms with Crippen LogP contribution in [-0.4, -0.2) is 35.1 Å². The number of furan rings is 1. The van der Waals surface area contributed by atoms with Gasteiger partial charge in [-0.1, -0.05) is 12.1 Å². The third kappa shape index (κ3) is 6.04. The van der Waals surface area contributed by atoms with Crippen LogP contribution >= 0.6 is 11.3 Å². The maximum Gasteiger partial charge on any atom is 0.416 e. The number of amides is 1. The summed E-state index contributed by atoms with van der Waals surface area (Å²) < 4.78 is 83.0. The highest BCUT2D eigenvalue weighted by molar-refractivity contribution is 7.14. The predicted octanol–water partition coefficient (Wildman–Crippen LogP) is 6.76. The second-order valence-electron chi connectivity index (χ2n) is 8.35. The van der Waals surface area contributed by atoms with Crippen LogP contribution in [0.4, 0.5) is 31.5 Å². The number of benzene rings is 1. The molecule has 4 rings (SSSR count). The molecule has 1 aliphatic heterocycles. The monoisotopic (exact) mass is 517 g/mol. The zero-order valence-corrected chi connectivity index (χ0v) is 19.3. The van der Waals surface area contributed by atoms with Crippen LogP contribution in [0.1, 0.15) is 40.2 Å². The van der Waals surface area contributed by atoms with E-state index in [1.807, 2.05) is 4.90 Å². The Hall–Kier alpha value is -2.86. The Morgan fingerprint density at radius 2 is 1.89 bits per heavy atom. The highest BCUT2D eigenvalue weighted by Gasteiger charge is 2.41. The Bertz CT molecular complexity index is 1190. The molecule has 188 valence electrons. The number of carbonyl (C=O) groups is 1. The van der Waals surface area contributed by atoms with E-state index < -0.39 is 29.7 Å². The van der Waals surface area contributed by atoms with Crippen molar-refractivity contribution in [3.8, 4) is 11.3 Å². The molecule has 0 atom stereocenters. The van der Waals surface area contributed by atoms with E-state index in [0.29, 0.717) is 30.5 Å². The minimum absolute atomic E-state index is 0.0468. The molecular weight excluding hydrogens is 496 g/mol. The second-order valence-corrected chi connectivity index (χ2v) is 9.21. The van der Waals surface area contributed by atoms with Crippen molar-refractivity contribution in [3.05, 3.63) is 58.3 Å². The van der Waals surface area contributed by atoms with Gasteiger partial charge in [0.2, 0.25) is 0 Å². The number of hydrogen-bond donors (Lipinski definition) is 1. The maximum atomic E-state index is 13.0. The lowest BCUT2D eigenvalue weighted by atomic mass is 9.96. The first-order chi connectivity index (χ1) is 16.4. The van der Waals surface area contributed by atoms with Crippen molar-refractivity contribution in [2.45, 2.75) is 38.7 Å². The minimum Gasteiger partial charge on any atom is -0.461 e. The molecule has 1 aliphatic rings. The van der Waals surface area contributed by atoms with E-state index in [0.717, 1.165) is 12.1 Å². The van der Waals surface area contributed by atoms with Gasteiger partial charge < -0.3 is 4.42 Å². The van der Waals surface area contributed by atoms with Crippen molar-refractivity contribution >= 4 is 22.4 Å². The number of nitrogens with one attached hydrogen (secondary N) is 1. The first-order valence-corrected chi connectivity index (χ1v) is 11.6. The van der Waals surface area contributed by atoms with E-state index in [1.165, 1.54) is 36.5 Å². The fraction of sp³-hybridized carbons (Fsp3) is 0.391. The number of piperidine rings is 1. The quantitative estimate of drug-likeness (QED) is 0.380. The van der Waals surface area contributed by atoms with E-state index >= 15 is 0 Å². The van der Waals surface area contributed by atoms with Crippen molar-refractivity contribution in [2.75, 3.05) is 18.4 Å². The van der Waals surface area contributed by atoms with Gasteiger partial charge in [-0.15, -0.1) is 11.3 Å². The number of rotatable bonds is 5. The van der Waals surface area contributed by atoms with E-state index in [-0.39, 0.29) is 35.5 Å². The topological polar surface area (TPSA) is 58.4 Å². The molecule has 1 fully saturated rings. The smallest absolute Gasteiger partial charge is 0.416 e. The molecule has 1 saturated heterocycles. The minimum atomic E-state index is -4.51. The summed E-state index contributed by atoms with van der Waals surface area (Å²) >= 11 is 1.17. The van der Waals surface area contributed by atoms with Gasteiger partial charge in [0.1, 0.15) is 11.5 Å². The maximum absolute atomic E-state index is 13.0. The molecule has 3 heterocycles. The summed E-state index contributed by atoms with van der Waals surface area (Å²) in [5.74, 6) is -1.44. The number of alkyl halides is 6. The molecule has 5 nitrogen and oxygen atoms in total. The molecule has 0 radical (unpaired) electrons. The van der Waals surface area contributed by atoms with Crippen molar-refractivity contribution in [3.63, 3.8) is 0 Å². The fourth-order valence-corrected chi connectivity index (χ4v) is 4.64. The van der Waals surface area contributed by atoms with Gasteiger partial charge in [0, 0.05) is 17.5 Å². The SMILES string of the molecule is Cc1oc(-c2cccc(C(F)(F)F)c2)cc1C(=O)Nc1nc(CN2CCC(C(F)(F)F)CC2)cs1. The molecule has 0 unspecified atom stereocenters. The summed E-state index contributed by atoms with van der Waals surface area (Å²) in [6.45, 7) is 2.54. The summed E-state index contributed by atoms with van der Waals surface area (Å²) in [6.07, 6.45) is -8.58. The number of carbonyl (C=O) groups excluding carboxylic acids is 1. The standard InChI is InChI=1S/C23H21F6N3O2S/c1-13-18(10-19(34-13)14-3-2-4-16(9-14)23(27,28)29)20(33)31-21-30-17(12-35-21)11-32-7-5-15(6-8-32)22(24,25)26/h2-4,9-10,12,15H,5-8,11H2,1H3,(H,30,31,33). The lowest BCUT2D eigenvalue weighted by molar-refractivity contribution is -0.185. The molecule has 3 aromatic rings. The van der Waals surface area contributed by atoms with Crippen LogP contribution < -0.4 is 5.32 Å². The molecule has 1 amide bonds. The van der Waals surface area contributed by atoms with Gasteiger partial charge in [-0.25, -0.2) is 4.98 Å². The van der Waals surface area contributed by atoms with E-state index in [2.05, 4.69) is 10.3 Å². The van der Waals surface area contributed by atoms with Crippen molar-refractivity contribution in [2.24, 2.45) is 5.92 Å². The molecule has 0 spiro atoms. The fourth-order valence-electron chi connectivity index (χ4n) is 3.95. The van der Waals surface area contributed by atoms with Gasteiger partial charge in [0.25, 0.3) is 5.91 Å². The number of hydrogen-bond acceptors (Lipinski definition) is 5. The summed E-state index contributed by atoms with van der Waals surface area (Å²) in [6, 6.07) is 5.99.